The molecule has 9 unspecified atom stereocenters. The number of hydrogen-bond acceptors (Lipinski definition) is 5. The maximum Gasteiger partial charge on any atom is 0.266 e. The van der Waals surface area contributed by atoms with Gasteiger partial charge in [0.15, 0.2) is 0 Å². The minimum absolute atomic E-state index is 0.0625. The molecule has 0 aromatic carbocycles. The molecule has 0 aromatic rings. The molecular formula is C26H45NO6S. The van der Waals surface area contributed by atoms with Crippen LogP contribution < -0.4 is 5.32 Å². The number of hydrogen-bond donors (Lipinski definition) is 4. The Bertz CT molecular complexity index is 863. The van der Waals surface area contributed by atoms with Gasteiger partial charge in [0.1, 0.15) is 0 Å². The van der Waals surface area contributed by atoms with Gasteiger partial charge in [0, 0.05) is 13.0 Å². The number of aliphatic hydroxyl groups excluding tert-OH is 2. The number of amides is 1. The molecule has 34 heavy (non-hydrogen) atoms. The van der Waals surface area contributed by atoms with Gasteiger partial charge in [-0.15, -0.1) is 0 Å². The number of carbonyl (C=O) groups is 1. The highest BCUT2D eigenvalue weighted by molar-refractivity contribution is 7.85. The summed E-state index contributed by atoms with van der Waals surface area (Å²) in [4.78, 5) is 12.2. The second kappa shape index (κ2) is 9.64. The Morgan fingerprint density at radius 2 is 1.71 bits per heavy atom. The molecular weight excluding hydrogens is 454 g/mol. The normalized spacial score (nSPS) is 45.1. The Morgan fingerprint density at radius 3 is 2.41 bits per heavy atom. The van der Waals surface area contributed by atoms with Gasteiger partial charge in [0.05, 0.1) is 18.0 Å². The van der Waals surface area contributed by atoms with E-state index in [2.05, 4.69) is 26.1 Å². The van der Waals surface area contributed by atoms with Crippen LogP contribution in [-0.2, 0) is 14.9 Å². The molecule has 10 atom stereocenters. The Balaban J connectivity index is 1.39. The molecule has 8 heteroatoms. The summed E-state index contributed by atoms with van der Waals surface area (Å²) in [6.07, 6.45) is 8.87. The number of rotatable bonds is 7. The van der Waals surface area contributed by atoms with Crippen molar-refractivity contribution in [2.45, 2.75) is 97.2 Å². The van der Waals surface area contributed by atoms with Gasteiger partial charge in [-0.05, 0) is 104 Å². The highest BCUT2D eigenvalue weighted by Gasteiger charge is 2.62. The van der Waals surface area contributed by atoms with E-state index in [0.717, 1.165) is 51.4 Å². The number of carbonyl (C=O) groups excluding carboxylic acids is 1. The van der Waals surface area contributed by atoms with Crippen molar-refractivity contribution in [3.05, 3.63) is 0 Å². The first-order valence-corrected chi connectivity index (χ1v) is 15.0. The van der Waals surface area contributed by atoms with Crippen molar-refractivity contribution in [2.24, 2.45) is 46.3 Å². The van der Waals surface area contributed by atoms with Crippen molar-refractivity contribution >= 4 is 16.0 Å². The van der Waals surface area contributed by atoms with Gasteiger partial charge in [0.2, 0.25) is 5.91 Å². The summed E-state index contributed by atoms with van der Waals surface area (Å²) in [5.74, 6) is 2.10. The van der Waals surface area contributed by atoms with Crippen LogP contribution >= 0.6 is 0 Å². The third kappa shape index (κ3) is 4.94. The van der Waals surface area contributed by atoms with Gasteiger partial charge < -0.3 is 15.5 Å². The van der Waals surface area contributed by atoms with Crippen LogP contribution in [0.1, 0.15) is 85.0 Å². The van der Waals surface area contributed by atoms with Gasteiger partial charge in [-0.2, -0.15) is 8.42 Å². The topological polar surface area (TPSA) is 124 Å². The molecule has 196 valence electrons. The molecule has 4 fully saturated rings. The number of aliphatic hydroxyl groups is 2. The largest absolute Gasteiger partial charge is 0.393 e. The van der Waals surface area contributed by atoms with E-state index in [4.69, 9.17) is 4.55 Å². The zero-order valence-corrected chi connectivity index (χ0v) is 21.9. The molecule has 0 bridgehead atoms. The SMILES string of the molecule is CC(CCC(=O)NCCS(=O)(=O)O)C1CCC2C3C(O)CC4CC(O)CCC4(C)C3CC[C@]12C. The summed E-state index contributed by atoms with van der Waals surface area (Å²) in [6.45, 7) is 7.05. The highest BCUT2D eigenvalue weighted by atomic mass is 32.2. The fourth-order valence-corrected chi connectivity index (χ4v) is 9.50. The third-order valence-corrected chi connectivity index (χ3v) is 11.6. The van der Waals surface area contributed by atoms with Crippen molar-refractivity contribution < 1.29 is 28.0 Å². The number of nitrogens with one attached hydrogen (secondary N) is 1. The Kier molecular flexibility index (Phi) is 7.47. The highest BCUT2D eigenvalue weighted by Crippen LogP contribution is 2.68. The third-order valence-electron chi connectivity index (χ3n) is 10.9. The summed E-state index contributed by atoms with van der Waals surface area (Å²) in [6, 6.07) is 0. The van der Waals surface area contributed by atoms with Crippen LogP contribution in [0, 0.1) is 46.3 Å². The second-order valence-electron chi connectivity index (χ2n) is 12.6. The standard InChI is InChI=1S/C26H45NO6S/c1-16(4-7-23(30)27-12-13-34(31,32)33)19-5-6-20-24-21(9-11-26(19,20)3)25(2)10-8-18(28)14-17(25)15-22(24)29/h16-22,24,28-29H,4-15H2,1-3H3,(H,27,30)(H,31,32,33)/t16?,17?,18?,19?,20?,21?,22?,24?,25?,26-/m1/s1. The van der Waals surface area contributed by atoms with E-state index in [9.17, 15) is 23.4 Å². The van der Waals surface area contributed by atoms with E-state index in [0.29, 0.717) is 41.9 Å². The van der Waals surface area contributed by atoms with Gasteiger partial charge in [-0.3, -0.25) is 9.35 Å². The lowest BCUT2D eigenvalue weighted by Gasteiger charge is -2.62. The zero-order valence-electron chi connectivity index (χ0n) is 21.1. The summed E-state index contributed by atoms with van der Waals surface area (Å²) < 4.78 is 30.5. The van der Waals surface area contributed by atoms with Crippen molar-refractivity contribution in [1.82, 2.24) is 5.32 Å². The zero-order chi connectivity index (χ0) is 24.9. The predicted molar refractivity (Wildman–Crippen MR) is 130 cm³/mol. The lowest BCUT2D eigenvalue weighted by atomic mass is 9.43. The predicted octanol–water partition coefficient (Wildman–Crippen LogP) is 3.40. The lowest BCUT2D eigenvalue weighted by molar-refractivity contribution is -0.174. The number of fused-ring (bicyclic) bond motifs is 5. The lowest BCUT2D eigenvalue weighted by Crippen LogP contribution is -2.58. The van der Waals surface area contributed by atoms with E-state index >= 15 is 0 Å². The summed E-state index contributed by atoms with van der Waals surface area (Å²) >= 11 is 0. The monoisotopic (exact) mass is 499 g/mol. The molecule has 0 spiro atoms. The van der Waals surface area contributed by atoms with Crippen LogP contribution in [0.5, 0.6) is 0 Å². The first kappa shape index (κ1) is 26.4. The molecule has 1 amide bonds. The molecule has 0 radical (unpaired) electrons. The van der Waals surface area contributed by atoms with Crippen molar-refractivity contribution in [3.8, 4) is 0 Å². The van der Waals surface area contributed by atoms with Gasteiger partial charge >= 0.3 is 0 Å². The Labute approximate surface area is 205 Å². The molecule has 0 aliphatic heterocycles. The summed E-state index contributed by atoms with van der Waals surface area (Å²) in [5, 5.41) is 24.2. The van der Waals surface area contributed by atoms with Crippen LogP contribution in [0.4, 0.5) is 0 Å². The molecule has 4 aliphatic rings. The van der Waals surface area contributed by atoms with Gasteiger partial charge in [-0.25, -0.2) is 0 Å². The van der Waals surface area contributed by atoms with Crippen LogP contribution in [0.25, 0.3) is 0 Å². The molecule has 4 saturated carbocycles. The minimum atomic E-state index is -4.06. The van der Waals surface area contributed by atoms with Crippen molar-refractivity contribution in [1.29, 1.82) is 0 Å². The maximum absolute atomic E-state index is 12.2. The summed E-state index contributed by atoms with van der Waals surface area (Å²) in [5.41, 5.74) is 0.411. The van der Waals surface area contributed by atoms with Gasteiger partial charge in [-0.1, -0.05) is 20.8 Å². The van der Waals surface area contributed by atoms with Crippen LogP contribution in [0.2, 0.25) is 0 Å². The smallest absolute Gasteiger partial charge is 0.266 e. The molecule has 4 N–H and O–H groups in total. The van der Waals surface area contributed by atoms with E-state index in [-0.39, 0.29) is 35.5 Å². The molecule has 4 rings (SSSR count). The van der Waals surface area contributed by atoms with E-state index in [1.54, 1.807) is 0 Å². The van der Waals surface area contributed by atoms with Crippen molar-refractivity contribution in [3.63, 3.8) is 0 Å². The first-order valence-electron chi connectivity index (χ1n) is 13.4. The maximum atomic E-state index is 12.2. The molecule has 0 saturated heterocycles. The Morgan fingerprint density at radius 1 is 1.03 bits per heavy atom. The second-order valence-corrected chi connectivity index (χ2v) is 14.2. The minimum Gasteiger partial charge on any atom is -0.393 e. The Hall–Kier alpha value is -0.700. The molecule has 0 aromatic heterocycles. The molecule has 0 heterocycles. The molecule has 4 aliphatic carbocycles. The van der Waals surface area contributed by atoms with Crippen LogP contribution in [0.3, 0.4) is 0 Å². The fourth-order valence-electron chi connectivity index (χ4n) is 9.14. The van der Waals surface area contributed by atoms with Crippen LogP contribution in [-0.4, -0.2) is 53.6 Å². The van der Waals surface area contributed by atoms with Crippen molar-refractivity contribution in [2.75, 3.05) is 12.3 Å². The average molecular weight is 500 g/mol. The van der Waals surface area contributed by atoms with E-state index < -0.39 is 15.9 Å². The van der Waals surface area contributed by atoms with Crippen LogP contribution in [0.15, 0.2) is 0 Å². The van der Waals surface area contributed by atoms with Gasteiger partial charge in [0.25, 0.3) is 10.1 Å². The molecule has 7 nitrogen and oxygen atoms in total. The average Bonchev–Trinajstić information content (AvgIpc) is 3.09. The van der Waals surface area contributed by atoms with E-state index in [1.807, 2.05) is 0 Å². The fraction of sp³-hybridized carbons (Fsp3) is 0.962. The summed E-state index contributed by atoms with van der Waals surface area (Å²) in [7, 11) is -4.06. The quantitative estimate of drug-likeness (QED) is 0.398. The first-order chi connectivity index (χ1) is 15.8. The van der Waals surface area contributed by atoms with E-state index in [1.165, 1.54) is 6.42 Å².